The molecule has 3 aromatic heterocycles. The Morgan fingerprint density at radius 3 is 2.58 bits per heavy atom. The molecule has 1 atom stereocenters. The molecule has 5 heterocycles. The van der Waals surface area contributed by atoms with Crippen molar-refractivity contribution < 1.29 is 9.59 Å². The Balaban J connectivity index is 1.46. The summed E-state index contributed by atoms with van der Waals surface area (Å²) in [6, 6.07) is 5.22. The van der Waals surface area contributed by atoms with Crippen LogP contribution in [-0.2, 0) is 0 Å². The van der Waals surface area contributed by atoms with Gasteiger partial charge in [-0.05, 0) is 51.2 Å². The number of nitrogens with two attached hydrogens (primary N) is 1. The minimum Gasteiger partial charge on any atom is -0.365 e. The highest BCUT2D eigenvalue weighted by Crippen LogP contribution is 2.33. The van der Waals surface area contributed by atoms with Gasteiger partial charge in [-0.3, -0.25) is 9.59 Å². The van der Waals surface area contributed by atoms with Gasteiger partial charge in [-0.25, -0.2) is 9.50 Å². The fourth-order valence-electron chi connectivity index (χ4n) is 4.64. The number of piperidine rings is 1. The van der Waals surface area contributed by atoms with Gasteiger partial charge in [-0.15, -0.1) is 11.3 Å². The van der Waals surface area contributed by atoms with Crippen LogP contribution in [0.3, 0.4) is 0 Å². The molecule has 8 nitrogen and oxygen atoms in total. The van der Waals surface area contributed by atoms with Crippen LogP contribution in [0.5, 0.6) is 0 Å². The maximum Gasteiger partial charge on any atom is 0.264 e. The minimum absolute atomic E-state index is 0.0684. The minimum atomic E-state index is -0.505. The van der Waals surface area contributed by atoms with Gasteiger partial charge in [0, 0.05) is 37.5 Å². The Labute approximate surface area is 184 Å². The van der Waals surface area contributed by atoms with Crippen LogP contribution in [0, 0.1) is 6.92 Å². The molecule has 3 aromatic rings. The number of rotatable bonds is 4. The number of carbonyl (C=O) groups excluding carboxylic acids is 2. The topological polar surface area (TPSA) is 96.8 Å². The second-order valence-corrected chi connectivity index (χ2v) is 9.44. The number of thiophene rings is 1. The maximum absolute atomic E-state index is 13.2. The summed E-state index contributed by atoms with van der Waals surface area (Å²) in [6.45, 7) is 4.84. The Kier molecular flexibility index (Phi) is 5.13. The normalized spacial score (nSPS) is 19.3. The third-order valence-corrected chi connectivity index (χ3v) is 7.28. The molecule has 0 spiro atoms. The van der Waals surface area contributed by atoms with Gasteiger partial charge in [0.2, 0.25) is 0 Å². The molecule has 1 unspecified atom stereocenters. The van der Waals surface area contributed by atoms with Crippen LogP contribution in [0.15, 0.2) is 24.4 Å². The van der Waals surface area contributed by atoms with E-state index in [2.05, 4.69) is 11.8 Å². The fourth-order valence-corrected chi connectivity index (χ4v) is 5.45. The van der Waals surface area contributed by atoms with E-state index in [0.29, 0.717) is 16.3 Å². The van der Waals surface area contributed by atoms with Crippen molar-refractivity contribution in [2.24, 2.45) is 5.73 Å². The van der Waals surface area contributed by atoms with Crippen molar-refractivity contribution in [3.63, 3.8) is 0 Å². The fraction of sp³-hybridized carbons (Fsp3) is 0.455. The zero-order valence-electron chi connectivity index (χ0n) is 17.6. The first-order chi connectivity index (χ1) is 15.0. The summed E-state index contributed by atoms with van der Waals surface area (Å²) in [5.74, 6) is 0.460. The van der Waals surface area contributed by atoms with Crippen molar-refractivity contribution in [3.05, 3.63) is 45.4 Å². The molecule has 0 saturated carbocycles. The van der Waals surface area contributed by atoms with Crippen LogP contribution in [0.1, 0.15) is 68.7 Å². The number of likely N-dealkylation sites (tertiary alicyclic amines) is 1. The molecule has 31 heavy (non-hydrogen) atoms. The molecular formula is C22H26N6O2S. The number of anilines is 1. The number of hydrogen-bond acceptors (Lipinski definition) is 6. The predicted octanol–water partition coefficient (Wildman–Crippen LogP) is 3.17. The van der Waals surface area contributed by atoms with Crippen molar-refractivity contribution in [1.29, 1.82) is 0 Å². The highest BCUT2D eigenvalue weighted by molar-refractivity contribution is 7.15. The first kappa shape index (κ1) is 20.0. The van der Waals surface area contributed by atoms with Crippen LogP contribution in [0.2, 0.25) is 0 Å². The van der Waals surface area contributed by atoms with E-state index < -0.39 is 5.91 Å². The van der Waals surface area contributed by atoms with E-state index in [0.717, 1.165) is 66.4 Å². The zero-order chi connectivity index (χ0) is 21.5. The molecule has 2 saturated heterocycles. The molecule has 2 aliphatic rings. The van der Waals surface area contributed by atoms with E-state index in [1.54, 1.807) is 12.1 Å². The molecule has 0 aliphatic carbocycles. The highest BCUT2D eigenvalue weighted by Gasteiger charge is 2.32. The molecule has 2 aliphatic heterocycles. The van der Waals surface area contributed by atoms with E-state index in [1.165, 1.54) is 12.8 Å². The Morgan fingerprint density at radius 2 is 1.84 bits per heavy atom. The molecule has 2 fully saturated rings. The largest absolute Gasteiger partial charge is 0.365 e. The lowest BCUT2D eigenvalue weighted by Crippen LogP contribution is -2.38. The summed E-state index contributed by atoms with van der Waals surface area (Å²) >= 11 is 1.15. The van der Waals surface area contributed by atoms with Gasteiger partial charge in [-0.2, -0.15) is 5.10 Å². The van der Waals surface area contributed by atoms with Gasteiger partial charge in [0.1, 0.15) is 5.82 Å². The van der Waals surface area contributed by atoms with Crippen molar-refractivity contribution >= 4 is 34.6 Å². The number of aromatic nitrogens is 3. The molecule has 0 bridgehead atoms. The van der Waals surface area contributed by atoms with Crippen molar-refractivity contribution in [3.8, 4) is 0 Å². The number of amides is 2. The van der Waals surface area contributed by atoms with Crippen LogP contribution >= 0.6 is 11.3 Å². The summed E-state index contributed by atoms with van der Waals surface area (Å²) in [6.07, 6.45) is 7.31. The third-order valence-electron chi connectivity index (χ3n) is 6.19. The number of carbonyl (C=O) groups is 2. The second-order valence-electron chi connectivity index (χ2n) is 8.35. The third kappa shape index (κ3) is 3.67. The van der Waals surface area contributed by atoms with Gasteiger partial charge >= 0.3 is 0 Å². The van der Waals surface area contributed by atoms with Gasteiger partial charge < -0.3 is 15.5 Å². The molecule has 162 valence electrons. The van der Waals surface area contributed by atoms with Gasteiger partial charge in [0.05, 0.1) is 21.5 Å². The Morgan fingerprint density at radius 1 is 1.10 bits per heavy atom. The molecule has 0 radical (unpaired) electrons. The summed E-state index contributed by atoms with van der Waals surface area (Å²) in [5, 5.41) is 4.80. The van der Waals surface area contributed by atoms with Gasteiger partial charge in [-0.1, -0.05) is 0 Å². The summed E-state index contributed by atoms with van der Waals surface area (Å²) < 4.78 is 1.83. The molecule has 5 rings (SSSR count). The second kappa shape index (κ2) is 7.96. The number of hydrogen-bond donors (Lipinski definition) is 1. The van der Waals surface area contributed by atoms with Crippen molar-refractivity contribution in [1.82, 2.24) is 19.5 Å². The molecule has 2 amide bonds. The smallest absolute Gasteiger partial charge is 0.264 e. The van der Waals surface area contributed by atoms with E-state index >= 15 is 0 Å². The van der Waals surface area contributed by atoms with Crippen LogP contribution < -0.4 is 10.6 Å². The summed E-state index contributed by atoms with van der Waals surface area (Å²) in [7, 11) is 0. The predicted molar refractivity (Wildman–Crippen MR) is 120 cm³/mol. The average molecular weight is 439 g/mol. The lowest BCUT2D eigenvalue weighted by molar-refractivity contribution is 0.0610. The van der Waals surface area contributed by atoms with Gasteiger partial charge in [0.25, 0.3) is 11.8 Å². The summed E-state index contributed by atoms with van der Waals surface area (Å²) in [5.41, 5.74) is 8.15. The first-order valence-electron chi connectivity index (χ1n) is 10.8. The van der Waals surface area contributed by atoms with Crippen molar-refractivity contribution in [2.75, 3.05) is 24.5 Å². The van der Waals surface area contributed by atoms with E-state index in [9.17, 15) is 9.59 Å². The highest BCUT2D eigenvalue weighted by atomic mass is 32.1. The number of fused-ring (bicyclic) bond motifs is 1. The molecular weight excluding hydrogens is 412 g/mol. The molecule has 0 aromatic carbocycles. The standard InChI is InChI=1S/C22H26N6O2S/c1-14-13-28-19(24-21(14)26-9-4-5-10-26)12-15(25-28)16-6-2-3-11-27(16)22(30)18-8-7-17(31-18)20(23)29/h7-8,12-13,16H,2-6,9-11H2,1H3,(H2,23,29). The van der Waals surface area contributed by atoms with E-state index in [-0.39, 0.29) is 11.9 Å². The van der Waals surface area contributed by atoms with Crippen LogP contribution in [0.25, 0.3) is 5.65 Å². The Bertz CT molecular complexity index is 1150. The Hall–Kier alpha value is -2.94. The monoisotopic (exact) mass is 438 g/mol. The number of primary amides is 1. The lowest BCUT2D eigenvalue weighted by Gasteiger charge is -2.34. The maximum atomic E-state index is 13.2. The number of nitrogens with zero attached hydrogens (tertiary/aromatic N) is 5. The van der Waals surface area contributed by atoms with Crippen LogP contribution in [0.4, 0.5) is 5.82 Å². The van der Waals surface area contributed by atoms with Crippen molar-refractivity contribution in [2.45, 2.75) is 45.1 Å². The SMILES string of the molecule is Cc1cn2nc(C3CCCCN3C(=O)c3ccc(C(N)=O)s3)cc2nc1N1CCCC1. The number of aryl methyl sites for hydroxylation is 1. The quantitative estimate of drug-likeness (QED) is 0.675. The van der Waals surface area contributed by atoms with Gasteiger partial charge in [0.15, 0.2) is 5.65 Å². The summed E-state index contributed by atoms with van der Waals surface area (Å²) in [4.78, 5) is 34.7. The first-order valence-corrected chi connectivity index (χ1v) is 11.7. The zero-order valence-corrected chi connectivity index (χ0v) is 18.4. The molecule has 9 heteroatoms. The van der Waals surface area contributed by atoms with E-state index in [4.69, 9.17) is 15.8 Å². The lowest BCUT2D eigenvalue weighted by atomic mass is 9.99. The molecule has 2 N–H and O–H groups in total. The average Bonchev–Trinajstić information content (AvgIpc) is 3.52. The van der Waals surface area contributed by atoms with E-state index in [1.807, 2.05) is 21.7 Å². The van der Waals surface area contributed by atoms with Crippen LogP contribution in [-0.4, -0.2) is 50.9 Å².